The van der Waals surface area contributed by atoms with Gasteiger partial charge in [-0.1, -0.05) is 130 Å². The second-order valence-electron chi connectivity index (χ2n) is 19.5. The zero-order valence-electron chi connectivity index (χ0n) is 34.5. The molecule has 0 bridgehead atoms. The summed E-state index contributed by atoms with van der Waals surface area (Å²) in [7, 11) is 9.87. The summed E-state index contributed by atoms with van der Waals surface area (Å²) >= 11 is -0.826. The topological polar surface area (TPSA) is 9.23 Å². The summed E-state index contributed by atoms with van der Waals surface area (Å²) in [6.45, 7) is 25.3. The van der Waals surface area contributed by atoms with Crippen molar-refractivity contribution in [2.45, 2.75) is 138 Å². The monoisotopic (exact) mass is 814 g/mol. The summed E-state index contributed by atoms with van der Waals surface area (Å²) < 4.78 is 7.03. The van der Waals surface area contributed by atoms with Gasteiger partial charge in [-0.05, 0) is 131 Å². The van der Waals surface area contributed by atoms with E-state index in [1.54, 1.807) is 5.56 Å². The maximum atomic E-state index is 7.03. The Labute approximate surface area is 335 Å². The van der Waals surface area contributed by atoms with E-state index in [2.05, 4.69) is 124 Å². The maximum absolute atomic E-state index is 7.03. The van der Waals surface area contributed by atoms with E-state index in [9.17, 15) is 0 Å². The molecule has 0 radical (unpaired) electrons. The van der Waals surface area contributed by atoms with Crippen molar-refractivity contribution in [1.82, 2.24) is 0 Å². The van der Waals surface area contributed by atoms with Gasteiger partial charge in [0.25, 0.3) is 0 Å². The summed E-state index contributed by atoms with van der Waals surface area (Å²) in [6.07, 6.45) is 10.2. The first kappa shape index (κ1) is 45.3. The van der Waals surface area contributed by atoms with Gasteiger partial charge in [0.2, 0.25) is 0 Å². The molecule has 2 aromatic carbocycles. The van der Waals surface area contributed by atoms with Crippen LogP contribution in [0.3, 0.4) is 0 Å². The Balaban J connectivity index is 0.00000136. The molecule has 0 spiro atoms. The standard InChI is InChI=1S/C45H68O.2CH3.2ClH.Zr/c1-28(2)27-46-43-41(45(8,9)10)26-39-37(30(4)24-40(39)42(43)32-15-12-11-13-16-32)25-36-29(3)23-38-34(17-14-18-35(36)38)31-19-21-33(22-20-31)44(5,6)7;;;;;/h11-13,15-16,19-22,28-30,34-43H,14,17-18,23-27H2,1-10H3;2*1H3;2*1H;/q;2*-1;;;+4/p-2. The fourth-order valence-electron chi connectivity index (χ4n) is 11.7. The molecule has 4 heteroatoms. The minimum atomic E-state index is -0.826. The Morgan fingerprint density at radius 2 is 1.29 bits per heavy atom. The fraction of sp³-hybridized carbons (Fsp3) is 0.702. The molecule has 0 N–H and O–H groups in total. The molecule has 12 unspecified atom stereocenters. The van der Waals surface area contributed by atoms with Crippen molar-refractivity contribution in [2.75, 3.05) is 6.61 Å². The summed E-state index contributed by atoms with van der Waals surface area (Å²) in [5, 5.41) is 0. The third-order valence-electron chi connectivity index (χ3n) is 13.9. The summed E-state index contributed by atoms with van der Waals surface area (Å²) in [5.74, 6) is 9.19. The van der Waals surface area contributed by atoms with E-state index in [-0.39, 0.29) is 25.7 Å². The normalized spacial score (nSPS) is 34.6. The van der Waals surface area contributed by atoms with Crippen LogP contribution < -0.4 is 0 Å². The van der Waals surface area contributed by atoms with E-state index in [0.29, 0.717) is 23.9 Å². The average Bonchev–Trinajstić information content (AvgIpc) is 3.54. The van der Waals surface area contributed by atoms with Gasteiger partial charge >= 0.3 is 37.9 Å². The van der Waals surface area contributed by atoms with Gasteiger partial charge in [0.05, 0.1) is 6.10 Å². The van der Waals surface area contributed by atoms with Crippen LogP contribution in [0.5, 0.6) is 0 Å². The molecular formula is C47H74Cl2OZr. The number of rotatable bonds is 7. The Morgan fingerprint density at radius 3 is 1.84 bits per heavy atom. The van der Waals surface area contributed by atoms with Crippen LogP contribution in [0.2, 0.25) is 0 Å². The van der Waals surface area contributed by atoms with E-state index < -0.39 is 20.8 Å². The van der Waals surface area contributed by atoms with Gasteiger partial charge in [-0.15, -0.1) is 0 Å². The first-order valence-corrected chi connectivity index (χ1v) is 26.2. The number of hydrogen-bond acceptors (Lipinski definition) is 1. The molecule has 4 saturated carbocycles. The molecule has 0 saturated heterocycles. The number of fused-ring (bicyclic) bond motifs is 2. The van der Waals surface area contributed by atoms with Crippen LogP contribution in [-0.2, 0) is 31.0 Å². The second-order valence-corrected chi connectivity index (χ2v) is 23.2. The van der Waals surface area contributed by atoms with Gasteiger partial charge < -0.3 is 19.6 Å². The van der Waals surface area contributed by atoms with Crippen LogP contribution in [0.25, 0.3) is 0 Å². The molecule has 12 atom stereocenters. The van der Waals surface area contributed by atoms with Crippen molar-refractivity contribution in [3.8, 4) is 0 Å². The van der Waals surface area contributed by atoms with E-state index in [1.807, 2.05) is 0 Å². The first-order chi connectivity index (χ1) is 23.1. The molecular weight excluding hydrogens is 743 g/mol. The molecule has 0 aromatic heterocycles. The van der Waals surface area contributed by atoms with E-state index in [4.69, 9.17) is 21.8 Å². The molecule has 2 aromatic rings. The van der Waals surface area contributed by atoms with Crippen molar-refractivity contribution in [1.29, 1.82) is 0 Å². The number of halogens is 2. The van der Waals surface area contributed by atoms with Crippen molar-refractivity contribution in [3.05, 3.63) is 86.1 Å². The van der Waals surface area contributed by atoms with Gasteiger partial charge in [0.15, 0.2) is 0 Å². The Hall–Kier alpha value is -0.137. The predicted octanol–water partition coefficient (Wildman–Crippen LogP) is 14.6. The molecule has 0 amide bonds. The van der Waals surface area contributed by atoms with Gasteiger partial charge in [0.1, 0.15) is 0 Å². The molecule has 4 aliphatic rings. The van der Waals surface area contributed by atoms with Crippen molar-refractivity contribution in [2.24, 2.45) is 64.6 Å². The fourth-order valence-corrected chi connectivity index (χ4v) is 11.7. The molecule has 4 fully saturated rings. The Morgan fingerprint density at radius 1 is 0.725 bits per heavy atom. The Kier molecular flexibility index (Phi) is 17.0. The van der Waals surface area contributed by atoms with Crippen molar-refractivity contribution >= 4 is 17.0 Å². The number of benzene rings is 2. The third kappa shape index (κ3) is 10.4. The van der Waals surface area contributed by atoms with Gasteiger partial charge in [0, 0.05) is 12.5 Å². The summed E-state index contributed by atoms with van der Waals surface area (Å²) in [4.78, 5) is 0. The van der Waals surface area contributed by atoms with Crippen LogP contribution in [0.15, 0.2) is 54.6 Å². The summed E-state index contributed by atoms with van der Waals surface area (Å²) in [5.41, 5.74) is 5.10. The number of ether oxygens (including phenoxy) is 1. The van der Waals surface area contributed by atoms with Crippen molar-refractivity contribution in [3.63, 3.8) is 0 Å². The first-order valence-electron chi connectivity index (χ1n) is 19.9. The van der Waals surface area contributed by atoms with Gasteiger partial charge in [-0.2, -0.15) is 0 Å². The molecule has 51 heavy (non-hydrogen) atoms. The van der Waals surface area contributed by atoms with Crippen molar-refractivity contribution < 1.29 is 25.6 Å². The van der Waals surface area contributed by atoms with Gasteiger partial charge in [-0.3, -0.25) is 0 Å². The number of hydrogen-bond donors (Lipinski definition) is 0. The minimum absolute atomic E-state index is 0. The zero-order chi connectivity index (χ0) is 35.7. The van der Waals surface area contributed by atoms with Crippen LogP contribution in [0.1, 0.15) is 143 Å². The molecule has 0 aliphatic heterocycles. The van der Waals surface area contributed by atoms with Crippen LogP contribution >= 0.6 is 17.0 Å². The third-order valence-corrected chi connectivity index (χ3v) is 13.9. The van der Waals surface area contributed by atoms with Crippen LogP contribution in [0, 0.1) is 79.4 Å². The molecule has 0 heterocycles. The van der Waals surface area contributed by atoms with E-state index in [0.717, 1.165) is 59.9 Å². The second kappa shape index (κ2) is 19.1. The van der Waals surface area contributed by atoms with Crippen LogP contribution in [-0.4, -0.2) is 12.7 Å². The Bertz CT molecular complexity index is 1300. The predicted molar refractivity (Wildman–Crippen MR) is 221 cm³/mol. The van der Waals surface area contributed by atoms with E-state index in [1.165, 1.54) is 56.1 Å². The molecule has 286 valence electrons. The van der Waals surface area contributed by atoms with Gasteiger partial charge in [-0.25, -0.2) is 0 Å². The molecule has 4 aliphatic carbocycles. The quantitative estimate of drug-likeness (QED) is 0.253. The SMILES string of the molecule is CC(C)COC1C(c2ccccc2)C2CC(C)C(CC3C(C)CC4C(c5ccc(C(C)(C)C)cc5)CCCC34)C2CC1C(C)(C)C.[CH3-].[CH3-].[Cl][Zr+2][Cl]. The van der Waals surface area contributed by atoms with Crippen LogP contribution in [0.4, 0.5) is 0 Å². The average molecular weight is 817 g/mol. The van der Waals surface area contributed by atoms with E-state index >= 15 is 0 Å². The summed E-state index contributed by atoms with van der Waals surface area (Å²) in [6, 6.07) is 21.5. The molecule has 1 nitrogen and oxygen atoms in total. The zero-order valence-corrected chi connectivity index (χ0v) is 38.5. The molecule has 6 rings (SSSR count).